The number of nitro groups is 1. The van der Waals surface area contributed by atoms with Crippen LogP contribution in [0.2, 0.25) is 0 Å². The Labute approximate surface area is 177 Å². The summed E-state index contributed by atoms with van der Waals surface area (Å²) in [5, 5.41) is 10.5. The molecule has 2 aromatic rings. The van der Waals surface area contributed by atoms with Crippen molar-refractivity contribution in [3.8, 4) is 11.5 Å². The van der Waals surface area contributed by atoms with E-state index < -0.39 is 4.92 Å². The topological polar surface area (TPSA) is 99.0 Å². The second-order valence-electron chi connectivity index (χ2n) is 6.28. The van der Waals surface area contributed by atoms with Gasteiger partial charge in [-0.05, 0) is 67.1 Å². The average molecular weight is 428 g/mol. The van der Waals surface area contributed by atoms with Gasteiger partial charge in [-0.2, -0.15) is 0 Å². The molecule has 0 spiro atoms. The number of rotatable bonds is 8. The lowest BCUT2D eigenvalue weighted by molar-refractivity contribution is -0.384. The van der Waals surface area contributed by atoms with Crippen molar-refractivity contribution in [1.82, 2.24) is 4.90 Å². The fourth-order valence-electron chi connectivity index (χ4n) is 2.80. The van der Waals surface area contributed by atoms with Gasteiger partial charge in [0.25, 0.3) is 16.8 Å². The van der Waals surface area contributed by atoms with Crippen molar-refractivity contribution < 1.29 is 24.0 Å². The summed E-state index contributed by atoms with van der Waals surface area (Å²) in [4.78, 5) is 36.0. The van der Waals surface area contributed by atoms with E-state index >= 15 is 0 Å². The number of hydrogen-bond acceptors (Lipinski definition) is 7. The van der Waals surface area contributed by atoms with E-state index in [-0.39, 0.29) is 23.4 Å². The number of non-ortho nitro benzene ring substituents is 1. The summed E-state index contributed by atoms with van der Waals surface area (Å²) in [5.41, 5.74) is 1.51. The lowest BCUT2D eigenvalue weighted by Gasteiger charge is -2.13. The molecule has 0 atom stereocenters. The molecule has 3 rings (SSSR count). The third-order valence-corrected chi connectivity index (χ3v) is 5.20. The Morgan fingerprint density at radius 2 is 1.80 bits per heavy atom. The maximum absolute atomic E-state index is 12.3. The lowest BCUT2D eigenvalue weighted by Crippen LogP contribution is -2.27. The maximum atomic E-state index is 12.3. The maximum Gasteiger partial charge on any atom is 0.293 e. The molecular formula is C21H20N2O6S. The van der Waals surface area contributed by atoms with Gasteiger partial charge in [0.05, 0.1) is 16.4 Å². The van der Waals surface area contributed by atoms with Crippen LogP contribution in [0.1, 0.15) is 25.0 Å². The standard InChI is InChI=1S/C21H20N2O6S/c1-3-22-20(24)19(30-21(22)25)12-15-7-10-17(18(11-15)28-4-2)29-13-14-5-8-16(9-6-14)23(26)27/h5-12H,3-4,13H2,1-2H3/b19-12+. The van der Waals surface area contributed by atoms with Crippen molar-refractivity contribution in [2.45, 2.75) is 20.5 Å². The monoisotopic (exact) mass is 428 g/mol. The van der Waals surface area contributed by atoms with Crippen LogP contribution in [-0.4, -0.2) is 34.1 Å². The zero-order chi connectivity index (χ0) is 21.7. The van der Waals surface area contributed by atoms with Gasteiger partial charge >= 0.3 is 0 Å². The van der Waals surface area contributed by atoms with Crippen molar-refractivity contribution in [3.05, 3.63) is 68.6 Å². The van der Waals surface area contributed by atoms with Crippen molar-refractivity contribution >= 4 is 34.7 Å². The molecule has 8 nitrogen and oxygen atoms in total. The minimum absolute atomic E-state index is 0.0191. The minimum Gasteiger partial charge on any atom is -0.490 e. The van der Waals surface area contributed by atoms with Crippen LogP contribution in [0.25, 0.3) is 6.08 Å². The Balaban J connectivity index is 1.76. The number of thioether (sulfide) groups is 1. The molecular weight excluding hydrogens is 408 g/mol. The molecule has 1 fully saturated rings. The van der Waals surface area contributed by atoms with Crippen molar-refractivity contribution in [2.24, 2.45) is 0 Å². The molecule has 0 aromatic heterocycles. The molecule has 1 heterocycles. The molecule has 0 radical (unpaired) electrons. The highest BCUT2D eigenvalue weighted by Crippen LogP contribution is 2.34. The summed E-state index contributed by atoms with van der Waals surface area (Å²) >= 11 is 0.914. The van der Waals surface area contributed by atoms with Crippen LogP contribution in [0.15, 0.2) is 47.4 Å². The van der Waals surface area contributed by atoms with Crippen LogP contribution in [0.5, 0.6) is 11.5 Å². The first-order valence-electron chi connectivity index (χ1n) is 9.31. The zero-order valence-electron chi connectivity index (χ0n) is 16.5. The number of carbonyl (C=O) groups is 2. The summed E-state index contributed by atoms with van der Waals surface area (Å²) < 4.78 is 11.5. The van der Waals surface area contributed by atoms with Gasteiger partial charge in [0.1, 0.15) is 6.61 Å². The quantitative estimate of drug-likeness (QED) is 0.343. The van der Waals surface area contributed by atoms with Gasteiger partial charge in [-0.1, -0.05) is 6.07 Å². The Hall–Kier alpha value is -3.33. The van der Waals surface area contributed by atoms with Gasteiger partial charge in [-0.15, -0.1) is 0 Å². The number of carbonyl (C=O) groups excluding carboxylic acids is 2. The summed E-state index contributed by atoms with van der Waals surface area (Å²) in [6, 6.07) is 11.4. The second kappa shape index (κ2) is 9.45. The van der Waals surface area contributed by atoms with E-state index in [0.717, 1.165) is 17.3 Å². The second-order valence-corrected chi connectivity index (χ2v) is 7.27. The Morgan fingerprint density at radius 1 is 1.07 bits per heavy atom. The highest BCUT2D eigenvalue weighted by Gasteiger charge is 2.33. The highest BCUT2D eigenvalue weighted by atomic mass is 32.2. The number of amides is 2. The molecule has 9 heteroatoms. The zero-order valence-corrected chi connectivity index (χ0v) is 17.3. The van der Waals surface area contributed by atoms with Crippen LogP contribution in [0.4, 0.5) is 10.5 Å². The van der Waals surface area contributed by atoms with E-state index in [4.69, 9.17) is 9.47 Å². The van der Waals surface area contributed by atoms with Gasteiger partial charge in [0, 0.05) is 18.7 Å². The molecule has 2 amide bonds. The van der Waals surface area contributed by atoms with Gasteiger partial charge in [0.2, 0.25) is 0 Å². The third kappa shape index (κ3) is 4.80. The van der Waals surface area contributed by atoms with Crippen LogP contribution in [0.3, 0.4) is 0 Å². The summed E-state index contributed by atoms with van der Waals surface area (Å²) in [6.07, 6.45) is 1.66. The van der Waals surface area contributed by atoms with Crippen LogP contribution >= 0.6 is 11.8 Å². The Morgan fingerprint density at radius 3 is 2.40 bits per heavy atom. The van der Waals surface area contributed by atoms with Crippen LogP contribution < -0.4 is 9.47 Å². The lowest BCUT2D eigenvalue weighted by atomic mass is 10.1. The largest absolute Gasteiger partial charge is 0.490 e. The smallest absolute Gasteiger partial charge is 0.293 e. The molecule has 1 saturated heterocycles. The SMILES string of the molecule is CCOc1cc(/C=C2/SC(=O)N(CC)C2=O)ccc1OCc1ccc([N+](=O)[O-])cc1. The van der Waals surface area contributed by atoms with Gasteiger partial charge in [-0.25, -0.2) is 0 Å². The number of ether oxygens (including phenoxy) is 2. The molecule has 0 saturated carbocycles. The molecule has 156 valence electrons. The molecule has 0 N–H and O–H groups in total. The first-order chi connectivity index (χ1) is 14.4. The third-order valence-electron chi connectivity index (χ3n) is 4.30. The molecule has 1 aliphatic heterocycles. The van der Waals surface area contributed by atoms with Gasteiger partial charge in [0.15, 0.2) is 11.5 Å². The molecule has 1 aliphatic rings. The van der Waals surface area contributed by atoms with E-state index in [1.54, 1.807) is 43.3 Å². The predicted molar refractivity (Wildman–Crippen MR) is 113 cm³/mol. The number of imide groups is 1. The summed E-state index contributed by atoms with van der Waals surface area (Å²) in [6.45, 7) is 4.57. The first-order valence-corrected chi connectivity index (χ1v) is 10.1. The highest BCUT2D eigenvalue weighted by molar-refractivity contribution is 8.18. The summed E-state index contributed by atoms with van der Waals surface area (Å²) in [5.74, 6) is 0.709. The normalized spacial score (nSPS) is 15.0. The van der Waals surface area contributed by atoms with Gasteiger partial charge in [-0.3, -0.25) is 24.6 Å². The fourth-order valence-corrected chi connectivity index (χ4v) is 3.70. The van der Waals surface area contributed by atoms with Crippen molar-refractivity contribution in [2.75, 3.05) is 13.2 Å². The Kier molecular flexibility index (Phi) is 6.73. The van der Waals surface area contributed by atoms with Crippen LogP contribution in [0, 0.1) is 10.1 Å². The minimum atomic E-state index is -0.453. The number of hydrogen-bond donors (Lipinski definition) is 0. The van der Waals surface area contributed by atoms with E-state index in [0.29, 0.717) is 35.1 Å². The number of nitrogens with zero attached hydrogens (tertiary/aromatic N) is 2. The first kappa shape index (κ1) is 21.4. The van der Waals surface area contributed by atoms with E-state index in [9.17, 15) is 19.7 Å². The van der Waals surface area contributed by atoms with Crippen molar-refractivity contribution in [1.29, 1.82) is 0 Å². The number of nitro benzene ring substituents is 1. The Bertz CT molecular complexity index is 1000. The molecule has 0 bridgehead atoms. The molecule has 0 aliphatic carbocycles. The van der Waals surface area contributed by atoms with E-state index in [1.165, 1.54) is 17.0 Å². The number of benzene rings is 2. The molecule has 2 aromatic carbocycles. The number of likely N-dealkylation sites (N-methyl/N-ethyl adjacent to an activating group) is 1. The average Bonchev–Trinajstić information content (AvgIpc) is 3.00. The molecule has 30 heavy (non-hydrogen) atoms. The van der Waals surface area contributed by atoms with E-state index in [2.05, 4.69) is 0 Å². The van der Waals surface area contributed by atoms with E-state index in [1.807, 2.05) is 6.92 Å². The molecule has 0 unspecified atom stereocenters. The summed E-state index contributed by atoms with van der Waals surface area (Å²) in [7, 11) is 0. The fraction of sp³-hybridized carbons (Fsp3) is 0.238. The van der Waals surface area contributed by atoms with Crippen molar-refractivity contribution in [3.63, 3.8) is 0 Å². The van der Waals surface area contributed by atoms with Crippen LogP contribution in [-0.2, 0) is 11.4 Å². The predicted octanol–water partition coefficient (Wildman–Crippen LogP) is 4.63. The van der Waals surface area contributed by atoms with Gasteiger partial charge < -0.3 is 9.47 Å².